The number of imide groups is 2. The fourth-order valence-electron chi connectivity index (χ4n) is 12.2. The molecule has 1 aromatic heterocycles. The van der Waals surface area contributed by atoms with Gasteiger partial charge in [-0.1, -0.05) is 51.1 Å². The molecule has 10 amide bonds. The number of hydrogen-bond donors (Lipinski definition) is 8. The molecule has 0 bridgehead atoms. The lowest BCUT2D eigenvalue weighted by Crippen LogP contribution is -2.62. The van der Waals surface area contributed by atoms with Gasteiger partial charge in [-0.05, 0) is 116 Å². The maximum absolute atomic E-state index is 14.8. The van der Waals surface area contributed by atoms with Gasteiger partial charge in [0, 0.05) is 74.0 Å². The van der Waals surface area contributed by atoms with Crippen LogP contribution in [0, 0.1) is 5.92 Å². The molecule has 23 nitrogen and oxygen atoms in total. The van der Waals surface area contributed by atoms with E-state index in [0.717, 1.165) is 40.0 Å². The van der Waals surface area contributed by atoms with Crippen LogP contribution in [-0.2, 0) is 55.6 Å². The molecule has 0 spiro atoms. The van der Waals surface area contributed by atoms with Crippen molar-refractivity contribution in [2.75, 3.05) is 44.6 Å². The van der Waals surface area contributed by atoms with Crippen LogP contribution in [0.3, 0.4) is 0 Å². The second-order valence-corrected chi connectivity index (χ2v) is 27.1. The first-order valence-electron chi connectivity index (χ1n) is 29.4. The standard InChI is InChI=1S/C60H71F4N10O13PS/c1-59(2,3)35-6-4-33(5-7-35)26-42(57(83)72-24-19-32(20-25-72)18-22-66-37-9-11-39-40(29-37)56(82)74(55(39)81)45-14-17-50(76)70-53(45)79)68-51(77)41(12-16-49(65)75)67-52(78)44-13-10-38-21-23-71(31-48(61)62)30-43(58(84)73(38)44)69-54(80)47-28-34-27-36(8-15-46(34)89-47)60(63,64)88(85,86)87/h4-9,11,15,27-29,32,38,41-45,48,66H,10,12-14,16-26,30-31H2,1-3H3,(H2,65,75)(H,67,78)(H,68,77)(H,69,80)(H,70,76,79)(H2,85,86,87)/t38-,41?,42?,43+,44+,45?/m1/s1. The summed E-state index contributed by atoms with van der Waals surface area (Å²) >= 11 is 0.808. The van der Waals surface area contributed by atoms with Gasteiger partial charge in [-0.15, -0.1) is 11.3 Å². The van der Waals surface area contributed by atoms with Crippen molar-refractivity contribution in [2.45, 2.75) is 145 Å². The van der Waals surface area contributed by atoms with Gasteiger partial charge < -0.3 is 46.6 Å². The number of piperidine rings is 2. The third-order valence-electron chi connectivity index (χ3n) is 17.2. The van der Waals surface area contributed by atoms with Crippen LogP contribution in [0.25, 0.3) is 10.1 Å². The Balaban J connectivity index is 0.869. The van der Waals surface area contributed by atoms with Crippen molar-refractivity contribution in [3.8, 4) is 0 Å². The van der Waals surface area contributed by atoms with Gasteiger partial charge in [-0.3, -0.25) is 67.6 Å². The Morgan fingerprint density at radius 2 is 1.52 bits per heavy atom. The summed E-state index contributed by atoms with van der Waals surface area (Å²) in [6, 6.07) is 9.02. The highest BCUT2D eigenvalue weighted by Crippen LogP contribution is 2.59. The Kier molecular flexibility index (Phi) is 19.8. The lowest BCUT2D eigenvalue weighted by Gasteiger charge is -2.39. The summed E-state index contributed by atoms with van der Waals surface area (Å²) in [6.07, 6.45) is -1.20. The molecule has 6 atom stereocenters. The summed E-state index contributed by atoms with van der Waals surface area (Å²) in [7, 11) is -5.94. The van der Waals surface area contributed by atoms with Gasteiger partial charge in [-0.25, -0.2) is 8.78 Å². The number of nitrogens with one attached hydrogen (secondary N) is 5. The Bertz CT molecular complexity index is 3500. The van der Waals surface area contributed by atoms with E-state index in [1.165, 1.54) is 21.9 Å². The minimum absolute atomic E-state index is 0.00495. The second kappa shape index (κ2) is 26.8. The number of halogens is 4. The molecular formula is C60H71F4N10O13PS. The van der Waals surface area contributed by atoms with Crippen LogP contribution < -0.4 is 32.3 Å². The van der Waals surface area contributed by atoms with Crippen molar-refractivity contribution in [2.24, 2.45) is 11.7 Å². The lowest BCUT2D eigenvalue weighted by atomic mass is 9.86. The molecular weight excluding hydrogens is 1210 g/mol. The molecule has 29 heteroatoms. The SMILES string of the molecule is CC(C)(C)c1ccc(CC(NC(=O)C(CCC(N)=O)NC(=O)[C@@H]2CC[C@@H]3CCN(CC(F)F)C[C@H](NC(=O)c4cc5cc(C(F)(F)P(=O)(O)O)ccc5s4)C(=O)N32)C(=O)N2CCC(CCNc3ccc4c(c3)C(=O)N(C3CCC(=O)NC3=O)C4=O)CC2)cc1. The lowest BCUT2D eigenvalue weighted by molar-refractivity contribution is -0.144. The fraction of sp³-hybridized carbons (Fsp3) is 0.500. The molecule has 4 fully saturated rings. The number of nitrogens with two attached hydrogens (primary N) is 1. The number of anilines is 1. The number of alkyl halides is 4. The Labute approximate surface area is 513 Å². The van der Waals surface area contributed by atoms with E-state index >= 15 is 0 Å². The van der Waals surface area contributed by atoms with Crippen molar-refractivity contribution in [1.82, 2.24) is 40.9 Å². The van der Waals surface area contributed by atoms with Gasteiger partial charge in [0.25, 0.3) is 24.1 Å². The molecule has 0 saturated carbocycles. The summed E-state index contributed by atoms with van der Waals surface area (Å²) in [6.45, 7) is 6.11. The smallest absolute Gasteiger partial charge is 0.385 e. The minimum atomic E-state index is -5.94. The summed E-state index contributed by atoms with van der Waals surface area (Å²) in [5, 5.41) is 13.7. The number of rotatable bonds is 21. The van der Waals surface area contributed by atoms with Crippen molar-refractivity contribution >= 4 is 93.8 Å². The molecule has 5 aliphatic rings. The molecule has 0 aliphatic carbocycles. The first kappa shape index (κ1) is 65.8. The van der Waals surface area contributed by atoms with E-state index < -0.39 is 134 Å². The van der Waals surface area contributed by atoms with Gasteiger partial charge in [0.2, 0.25) is 41.4 Å². The molecule has 9 rings (SSSR count). The highest BCUT2D eigenvalue weighted by molar-refractivity contribution is 7.52. The first-order valence-corrected chi connectivity index (χ1v) is 31.9. The predicted molar refractivity (Wildman–Crippen MR) is 316 cm³/mol. The summed E-state index contributed by atoms with van der Waals surface area (Å²) in [5.74, 6) is -6.85. The summed E-state index contributed by atoms with van der Waals surface area (Å²) in [4.78, 5) is 159. The second-order valence-electron chi connectivity index (χ2n) is 24.4. The van der Waals surface area contributed by atoms with Gasteiger partial charge in [0.05, 0.1) is 22.5 Å². The van der Waals surface area contributed by atoms with E-state index in [1.807, 2.05) is 45.0 Å². The zero-order valence-electron chi connectivity index (χ0n) is 49.1. The number of amides is 10. The third-order valence-corrected chi connectivity index (χ3v) is 19.3. The molecule has 478 valence electrons. The van der Waals surface area contributed by atoms with Crippen molar-refractivity contribution < 1.29 is 79.9 Å². The van der Waals surface area contributed by atoms with E-state index in [1.54, 1.807) is 17.0 Å². The molecule has 4 saturated heterocycles. The number of fused-ring (bicyclic) bond motifs is 3. The van der Waals surface area contributed by atoms with Gasteiger partial charge >= 0.3 is 13.3 Å². The number of carbonyl (C=O) groups is 10. The molecule has 6 heterocycles. The Hall–Kier alpha value is -7.65. The van der Waals surface area contributed by atoms with Crippen molar-refractivity contribution in [1.29, 1.82) is 0 Å². The van der Waals surface area contributed by atoms with Crippen LogP contribution in [0.5, 0.6) is 0 Å². The largest absolute Gasteiger partial charge is 0.399 e. The van der Waals surface area contributed by atoms with Gasteiger partial charge in [0.15, 0.2) is 0 Å². The number of hydrogen-bond acceptors (Lipinski definition) is 14. The van der Waals surface area contributed by atoms with E-state index in [4.69, 9.17) is 5.73 Å². The highest BCUT2D eigenvalue weighted by Gasteiger charge is 2.51. The molecule has 89 heavy (non-hydrogen) atoms. The van der Waals surface area contributed by atoms with Crippen LogP contribution in [0.4, 0.5) is 23.2 Å². The molecule has 5 aliphatic heterocycles. The monoisotopic (exact) mass is 1280 g/mol. The van der Waals surface area contributed by atoms with Crippen LogP contribution in [0.2, 0.25) is 0 Å². The maximum Gasteiger partial charge on any atom is 0.399 e. The first-order chi connectivity index (χ1) is 42.0. The molecule has 4 aromatic rings. The Morgan fingerprint density at radius 3 is 2.18 bits per heavy atom. The van der Waals surface area contributed by atoms with E-state index in [-0.39, 0.29) is 95.3 Å². The predicted octanol–water partition coefficient (Wildman–Crippen LogP) is 4.47. The number of benzene rings is 3. The number of thiophene rings is 1. The van der Waals surface area contributed by atoms with Crippen LogP contribution in [0.15, 0.2) is 66.7 Å². The summed E-state index contributed by atoms with van der Waals surface area (Å²) < 4.78 is 69.0. The molecule has 0 radical (unpaired) electrons. The topological polar surface area (TPSA) is 327 Å². The molecule has 3 unspecified atom stereocenters. The quantitative estimate of drug-likeness (QED) is 0.0324. The normalized spacial score (nSPS) is 21.2. The number of nitrogens with zero attached hydrogens (tertiary/aromatic N) is 4. The fourth-order valence-corrected chi connectivity index (χ4v) is 13.7. The minimum Gasteiger partial charge on any atom is -0.385 e. The third kappa shape index (κ3) is 15.0. The van der Waals surface area contributed by atoms with Crippen LogP contribution >= 0.6 is 18.9 Å². The maximum atomic E-state index is 14.8. The van der Waals surface area contributed by atoms with Gasteiger partial charge in [0.1, 0.15) is 30.2 Å². The van der Waals surface area contributed by atoms with Crippen LogP contribution in [0.1, 0.15) is 132 Å². The summed E-state index contributed by atoms with van der Waals surface area (Å²) in [5.41, 5.74) is 2.41. The number of carbonyl (C=O) groups excluding carboxylic acids is 10. The van der Waals surface area contributed by atoms with Crippen molar-refractivity contribution in [3.63, 3.8) is 0 Å². The Morgan fingerprint density at radius 1 is 0.820 bits per heavy atom. The number of primary amides is 1. The van der Waals surface area contributed by atoms with E-state index in [9.17, 15) is 79.9 Å². The number of likely N-dealkylation sites (tertiary alicyclic amines) is 1. The van der Waals surface area contributed by atoms with Gasteiger partial charge in [-0.2, -0.15) is 8.78 Å². The average Bonchev–Trinajstić information content (AvgIpc) is 1.70. The average molecular weight is 1280 g/mol. The molecule has 3 aromatic carbocycles. The zero-order chi connectivity index (χ0) is 64.4. The van der Waals surface area contributed by atoms with E-state index in [2.05, 4.69) is 26.6 Å². The highest BCUT2D eigenvalue weighted by atomic mass is 32.1. The van der Waals surface area contributed by atoms with E-state index in [0.29, 0.717) is 50.1 Å². The zero-order valence-corrected chi connectivity index (χ0v) is 50.8. The van der Waals surface area contributed by atoms with Crippen molar-refractivity contribution in [3.05, 3.63) is 99.4 Å². The van der Waals surface area contributed by atoms with Crippen LogP contribution in [-0.4, -0.2) is 170 Å². The molecule has 9 N–H and O–H groups in total.